The number of aromatic nitrogens is 4. The van der Waals surface area contributed by atoms with Crippen molar-refractivity contribution in [3.63, 3.8) is 0 Å². The highest BCUT2D eigenvalue weighted by Gasteiger charge is 2.19. The van der Waals surface area contributed by atoms with Gasteiger partial charge in [-0.05, 0) is 83.0 Å². The molecular formula is C46H33N5O. The van der Waals surface area contributed by atoms with E-state index in [1.807, 2.05) is 42.5 Å². The van der Waals surface area contributed by atoms with Gasteiger partial charge in [-0.2, -0.15) is 0 Å². The molecule has 0 fully saturated rings. The monoisotopic (exact) mass is 671 g/mol. The minimum atomic E-state index is -0.130. The molecule has 3 N–H and O–H groups in total. The van der Waals surface area contributed by atoms with Crippen LogP contribution in [0.25, 0.3) is 90.9 Å². The molecular weight excluding hydrogens is 639 g/mol. The molecule has 6 heteroatoms. The van der Waals surface area contributed by atoms with Crippen molar-refractivity contribution in [3.8, 4) is 44.5 Å². The van der Waals surface area contributed by atoms with Gasteiger partial charge >= 0.3 is 0 Å². The molecule has 3 aromatic heterocycles. The van der Waals surface area contributed by atoms with Crippen LogP contribution in [-0.4, -0.2) is 32.9 Å². The van der Waals surface area contributed by atoms with Gasteiger partial charge in [0.05, 0.1) is 22.8 Å². The van der Waals surface area contributed by atoms with E-state index in [4.69, 9.17) is 9.97 Å². The molecule has 2 aliphatic heterocycles. The molecule has 5 heterocycles. The Bertz CT molecular complexity index is 2670. The topological polar surface area (TPSA) is 86.5 Å². The zero-order valence-electron chi connectivity index (χ0n) is 28.4. The molecule has 6 nitrogen and oxygen atoms in total. The molecule has 8 bridgehead atoms. The van der Waals surface area contributed by atoms with Gasteiger partial charge in [0, 0.05) is 56.9 Å². The highest BCUT2D eigenvalue weighted by atomic mass is 16.1. The first-order valence-corrected chi connectivity index (χ1v) is 17.3. The molecule has 0 aliphatic carbocycles. The highest BCUT2D eigenvalue weighted by Crippen LogP contribution is 2.38. The summed E-state index contributed by atoms with van der Waals surface area (Å²) in [7, 11) is 1.64. The summed E-state index contributed by atoms with van der Waals surface area (Å²) in [6.45, 7) is 0. The van der Waals surface area contributed by atoms with Gasteiger partial charge in [0.15, 0.2) is 0 Å². The molecule has 0 unspecified atom stereocenters. The van der Waals surface area contributed by atoms with E-state index in [2.05, 4.69) is 137 Å². The van der Waals surface area contributed by atoms with Crippen molar-refractivity contribution in [2.75, 3.05) is 7.05 Å². The number of nitrogens with one attached hydrogen (secondary N) is 3. The van der Waals surface area contributed by atoms with Crippen LogP contribution in [-0.2, 0) is 0 Å². The van der Waals surface area contributed by atoms with Crippen molar-refractivity contribution < 1.29 is 4.79 Å². The van der Waals surface area contributed by atoms with E-state index in [1.165, 1.54) is 0 Å². The predicted molar refractivity (Wildman–Crippen MR) is 214 cm³/mol. The number of carbonyl (C=O) groups excluding carboxylic acids is 1. The number of carbonyl (C=O) groups is 1. The Morgan fingerprint density at radius 2 is 0.731 bits per heavy atom. The Labute approximate surface area is 300 Å². The van der Waals surface area contributed by atoms with Gasteiger partial charge in [-0.3, -0.25) is 4.79 Å². The Hall–Kier alpha value is -7.05. The third-order valence-corrected chi connectivity index (χ3v) is 9.60. The lowest BCUT2D eigenvalue weighted by Crippen LogP contribution is -2.17. The molecule has 0 saturated carbocycles. The molecule has 1 amide bonds. The molecule has 0 spiro atoms. The first-order chi connectivity index (χ1) is 25.6. The van der Waals surface area contributed by atoms with Crippen LogP contribution in [0.4, 0.5) is 0 Å². The fourth-order valence-corrected chi connectivity index (χ4v) is 7.17. The Morgan fingerprint density at radius 3 is 1.04 bits per heavy atom. The van der Waals surface area contributed by atoms with Crippen molar-refractivity contribution in [1.82, 2.24) is 25.3 Å². The van der Waals surface area contributed by atoms with Gasteiger partial charge in [-0.25, -0.2) is 9.97 Å². The second-order valence-corrected chi connectivity index (χ2v) is 12.8. The van der Waals surface area contributed by atoms with E-state index >= 15 is 0 Å². The number of benzene rings is 4. The highest BCUT2D eigenvalue weighted by molar-refractivity contribution is 6.00. The van der Waals surface area contributed by atoms with E-state index in [0.717, 1.165) is 89.4 Å². The fourth-order valence-electron chi connectivity index (χ4n) is 7.17. The van der Waals surface area contributed by atoms with E-state index in [9.17, 15) is 4.79 Å². The molecule has 7 aromatic rings. The Kier molecular flexibility index (Phi) is 7.75. The lowest BCUT2D eigenvalue weighted by Gasteiger charge is -2.07. The quantitative estimate of drug-likeness (QED) is 0.170. The number of fused-ring (bicyclic) bond motifs is 8. The summed E-state index contributed by atoms with van der Waals surface area (Å²) in [4.78, 5) is 30.7. The zero-order chi connectivity index (χ0) is 35.0. The van der Waals surface area contributed by atoms with Crippen molar-refractivity contribution in [2.24, 2.45) is 0 Å². The molecule has 2 aliphatic rings. The van der Waals surface area contributed by atoms with Crippen LogP contribution in [0.5, 0.6) is 0 Å². The minimum Gasteiger partial charge on any atom is -0.355 e. The fraction of sp³-hybridized carbons (Fsp3) is 0.0217. The van der Waals surface area contributed by atoms with E-state index in [0.29, 0.717) is 5.56 Å². The van der Waals surface area contributed by atoms with Gasteiger partial charge in [0.1, 0.15) is 0 Å². The average Bonchev–Trinajstić information content (AvgIpc) is 4.04. The molecule has 248 valence electrons. The Morgan fingerprint density at radius 1 is 0.423 bits per heavy atom. The maximum Gasteiger partial charge on any atom is 0.251 e. The van der Waals surface area contributed by atoms with Crippen LogP contribution in [0.1, 0.15) is 33.1 Å². The van der Waals surface area contributed by atoms with Gasteiger partial charge < -0.3 is 15.3 Å². The summed E-state index contributed by atoms with van der Waals surface area (Å²) in [6, 6.07) is 47.4. The van der Waals surface area contributed by atoms with Crippen LogP contribution in [0.2, 0.25) is 0 Å². The van der Waals surface area contributed by atoms with Crippen LogP contribution in [0, 0.1) is 0 Å². The maximum absolute atomic E-state index is 12.5. The van der Waals surface area contributed by atoms with Crippen molar-refractivity contribution >= 4 is 52.3 Å². The van der Waals surface area contributed by atoms with Crippen molar-refractivity contribution in [2.45, 2.75) is 0 Å². The second kappa shape index (κ2) is 13.0. The number of amides is 1. The van der Waals surface area contributed by atoms with Crippen molar-refractivity contribution in [3.05, 3.63) is 168 Å². The summed E-state index contributed by atoms with van der Waals surface area (Å²) in [5.41, 5.74) is 15.8. The zero-order valence-corrected chi connectivity index (χ0v) is 28.4. The molecule has 0 saturated heterocycles. The minimum absolute atomic E-state index is 0.130. The average molecular weight is 672 g/mol. The molecule has 0 radical (unpaired) electrons. The smallest absolute Gasteiger partial charge is 0.251 e. The second-order valence-electron chi connectivity index (χ2n) is 12.8. The predicted octanol–water partition coefficient (Wildman–Crippen LogP) is 10.7. The lowest BCUT2D eigenvalue weighted by molar-refractivity contribution is 0.0963. The van der Waals surface area contributed by atoms with Gasteiger partial charge in [-0.1, -0.05) is 103 Å². The molecule has 4 aromatic carbocycles. The molecule has 0 atom stereocenters. The normalized spacial score (nSPS) is 11.9. The summed E-state index contributed by atoms with van der Waals surface area (Å²) >= 11 is 0. The van der Waals surface area contributed by atoms with Crippen LogP contribution in [0.15, 0.2) is 140 Å². The molecule has 52 heavy (non-hydrogen) atoms. The number of aromatic amines is 2. The van der Waals surface area contributed by atoms with Crippen molar-refractivity contribution in [1.29, 1.82) is 0 Å². The number of hydrogen-bond donors (Lipinski definition) is 3. The summed E-state index contributed by atoms with van der Waals surface area (Å²) in [5.74, 6) is -0.130. The SMILES string of the molecule is CNC(=O)c1ccc(-c2c3nc(c(-c4ccccc4)c4ccc([nH]4)c(-c4ccccc4)c4nc(c(-c5ccccc5)c5ccc2[nH]5)C=C4)C=C3)cc1. The summed E-state index contributed by atoms with van der Waals surface area (Å²) < 4.78 is 0. The van der Waals surface area contributed by atoms with Crippen LogP contribution >= 0.6 is 0 Å². The number of rotatable bonds is 5. The van der Waals surface area contributed by atoms with E-state index < -0.39 is 0 Å². The summed E-state index contributed by atoms with van der Waals surface area (Å²) in [5, 5.41) is 2.72. The largest absolute Gasteiger partial charge is 0.355 e. The number of nitrogens with zero attached hydrogens (tertiary/aromatic N) is 2. The van der Waals surface area contributed by atoms with Gasteiger partial charge in [0.25, 0.3) is 5.91 Å². The van der Waals surface area contributed by atoms with Gasteiger partial charge in [-0.15, -0.1) is 0 Å². The van der Waals surface area contributed by atoms with E-state index in [-0.39, 0.29) is 5.91 Å². The van der Waals surface area contributed by atoms with E-state index in [1.54, 1.807) is 7.05 Å². The number of H-pyrrole nitrogens is 2. The van der Waals surface area contributed by atoms with Gasteiger partial charge in [0.2, 0.25) is 0 Å². The first kappa shape index (κ1) is 31.0. The van der Waals surface area contributed by atoms with Crippen LogP contribution in [0.3, 0.4) is 0 Å². The molecule has 9 rings (SSSR count). The standard InChI is InChI=1S/C46H33N5O/c1-47-46(52)33-19-17-32(18-20-33)45-40-27-25-38(50-40)43(30-13-7-3-8-14-30)36-23-21-34(48-36)42(29-11-5-2-6-12-29)35-22-24-37(49-35)44(31-15-9-4-10-16-31)39-26-28-41(45)51-39/h2-28,48,51H,1H3,(H,47,52). The lowest BCUT2D eigenvalue weighted by atomic mass is 10.0. The Balaban J connectivity index is 1.45. The van der Waals surface area contributed by atoms with Crippen LogP contribution < -0.4 is 5.32 Å². The third-order valence-electron chi connectivity index (χ3n) is 9.60. The number of hydrogen-bond acceptors (Lipinski definition) is 3. The summed E-state index contributed by atoms with van der Waals surface area (Å²) in [6.07, 6.45) is 8.39. The maximum atomic E-state index is 12.5. The first-order valence-electron chi connectivity index (χ1n) is 17.3. The third kappa shape index (κ3) is 5.53.